The SMILES string of the molecule is CC(CC1CC1)NS(=O)(=O)c1cn(C)nc1N. The van der Waals surface area contributed by atoms with Gasteiger partial charge in [0.1, 0.15) is 4.90 Å². The highest BCUT2D eigenvalue weighted by Gasteiger charge is 2.27. The molecule has 0 spiro atoms. The number of aryl methyl sites for hydroxylation is 1. The minimum absolute atomic E-state index is 0.0404. The van der Waals surface area contributed by atoms with Crippen LogP contribution in [0.4, 0.5) is 5.82 Å². The fourth-order valence-electron chi connectivity index (χ4n) is 1.92. The van der Waals surface area contributed by atoms with Gasteiger partial charge in [-0.1, -0.05) is 12.8 Å². The Morgan fingerprint density at radius 2 is 2.29 bits per heavy atom. The maximum atomic E-state index is 12.0. The second-order valence-corrected chi connectivity index (χ2v) is 6.44. The minimum atomic E-state index is -3.55. The Hall–Kier alpha value is -1.08. The lowest BCUT2D eigenvalue weighted by Crippen LogP contribution is -2.33. The van der Waals surface area contributed by atoms with Gasteiger partial charge in [0.05, 0.1) is 0 Å². The van der Waals surface area contributed by atoms with Crippen LogP contribution in [0.15, 0.2) is 11.1 Å². The number of sulfonamides is 1. The third kappa shape index (κ3) is 2.98. The molecule has 6 nitrogen and oxygen atoms in total. The number of anilines is 1. The van der Waals surface area contributed by atoms with Gasteiger partial charge in [-0.25, -0.2) is 13.1 Å². The van der Waals surface area contributed by atoms with Gasteiger partial charge in [0.15, 0.2) is 5.82 Å². The zero-order valence-corrected chi connectivity index (χ0v) is 10.9. The van der Waals surface area contributed by atoms with E-state index < -0.39 is 10.0 Å². The van der Waals surface area contributed by atoms with E-state index in [4.69, 9.17) is 5.73 Å². The van der Waals surface area contributed by atoms with Crippen molar-refractivity contribution in [3.63, 3.8) is 0 Å². The Bertz CT molecular complexity index is 504. The Kier molecular flexibility index (Phi) is 3.13. The van der Waals surface area contributed by atoms with Crippen molar-refractivity contribution in [1.29, 1.82) is 0 Å². The summed E-state index contributed by atoms with van der Waals surface area (Å²) in [5, 5.41) is 3.83. The maximum Gasteiger partial charge on any atom is 0.246 e. The van der Waals surface area contributed by atoms with Crippen LogP contribution in [0.1, 0.15) is 26.2 Å². The number of nitrogens with one attached hydrogen (secondary N) is 1. The quantitative estimate of drug-likeness (QED) is 0.803. The molecule has 1 saturated carbocycles. The molecule has 1 aliphatic rings. The first-order valence-corrected chi connectivity index (χ1v) is 7.18. The molecule has 1 aromatic heterocycles. The fourth-order valence-corrected chi connectivity index (χ4v) is 3.28. The molecule has 1 aromatic rings. The molecule has 0 bridgehead atoms. The molecule has 2 rings (SSSR count). The smallest absolute Gasteiger partial charge is 0.246 e. The van der Waals surface area contributed by atoms with Crippen LogP contribution in [0, 0.1) is 5.92 Å². The van der Waals surface area contributed by atoms with Crippen LogP contribution >= 0.6 is 0 Å². The Balaban J connectivity index is 2.09. The molecular formula is C10H18N4O2S. The van der Waals surface area contributed by atoms with E-state index in [2.05, 4.69) is 9.82 Å². The monoisotopic (exact) mass is 258 g/mol. The average molecular weight is 258 g/mol. The third-order valence-corrected chi connectivity index (χ3v) is 4.46. The predicted molar refractivity (Wildman–Crippen MR) is 64.7 cm³/mol. The zero-order valence-electron chi connectivity index (χ0n) is 10.0. The van der Waals surface area contributed by atoms with Gasteiger partial charge in [-0.15, -0.1) is 0 Å². The maximum absolute atomic E-state index is 12.0. The van der Waals surface area contributed by atoms with Gasteiger partial charge < -0.3 is 5.73 Å². The molecule has 0 amide bonds. The van der Waals surface area contributed by atoms with Gasteiger partial charge in [-0.3, -0.25) is 4.68 Å². The molecule has 96 valence electrons. The molecule has 1 fully saturated rings. The largest absolute Gasteiger partial charge is 0.381 e. The zero-order chi connectivity index (χ0) is 12.6. The normalized spacial score (nSPS) is 18.2. The number of hydrogen-bond acceptors (Lipinski definition) is 4. The number of nitrogen functional groups attached to an aromatic ring is 1. The molecule has 1 atom stereocenters. The fraction of sp³-hybridized carbons (Fsp3) is 0.700. The number of nitrogens with two attached hydrogens (primary N) is 1. The molecule has 1 unspecified atom stereocenters. The lowest BCUT2D eigenvalue weighted by atomic mass is 10.2. The summed E-state index contributed by atoms with van der Waals surface area (Å²) < 4.78 is 28.1. The lowest BCUT2D eigenvalue weighted by molar-refractivity contribution is 0.530. The van der Waals surface area contributed by atoms with Crippen molar-refractivity contribution in [2.75, 3.05) is 5.73 Å². The van der Waals surface area contributed by atoms with Crippen molar-refractivity contribution in [3.05, 3.63) is 6.20 Å². The van der Waals surface area contributed by atoms with Crippen molar-refractivity contribution in [3.8, 4) is 0 Å². The number of aromatic nitrogens is 2. The van der Waals surface area contributed by atoms with Crippen LogP contribution in [0.3, 0.4) is 0 Å². The van der Waals surface area contributed by atoms with Gasteiger partial charge in [0.2, 0.25) is 10.0 Å². The predicted octanol–water partition coefficient (Wildman–Crippen LogP) is 0.469. The van der Waals surface area contributed by atoms with E-state index in [1.807, 2.05) is 6.92 Å². The second kappa shape index (κ2) is 4.30. The highest BCUT2D eigenvalue weighted by Crippen LogP contribution is 2.33. The summed E-state index contributed by atoms with van der Waals surface area (Å²) in [6.07, 6.45) is 4.73. The van der Waals surface area contributed by atoms with Crippen molar-refractivity contribution in [2.45, 2.75) is 37.1 Å². The summed E-state index contributed by atoms with van der Waals surface area (Å²) in [5.74, 6) is 0.720. The van der Waals surface area contributed by atoms with Gasteiger partial charge >= 0.3 is 0 Å². The Morgan fingerprint density at radius 1 is 1.65 bits per heavy atom. The lowest BCUT2D eigenvalue weighted by Gasteiger charge is -2.12. The first-order valence-electron chi connectivity index (χ1n) is 5.70. The van der Waals surface area contributed by atoms with Crippen LogP contribution in [0.25, 0.3) is 0 Å². The average Bonchev–Trinajstić information content (AvgIpc) is 2.89. The Morgan fingerprint density at radius 3 is 2.76 bits per heavy atom. The highest BCUT2D eigenvalue weighted by molar-refractivity contribution is 7.89. The highest BCUT2D eigenvalue weighted by atomic mass is 32.2. The van der Waals surface area contributed by atoms with Crippen LogP contribution in [0.5, 0.6) is 0 Å². The number of rotatable bonds is 5. The second-order valence-electron chi connectivity index (χ2n) is 4.75. The van der Waals surface area contributed by atoms with E-state index in [1.165, 1.54) is 23.7 Å². The van der Waals surface area contributed by atoms with E-state index in [9.17, 15) is 8.42 Å². The summed E-state index contributed by atoms with van der Waals surface area (Å²) in [6.45, 7) is 1.88. The summed E-state index contributed by atoms with van der Waals surface area (Å²) in [7, 11) is -1.90. The van der Waals surface area contributed by atoms with E-state index in [1.54, 1.807) is 7.05 Å². The van der Waals surface area contributed by atoms with Gasteiger partial charge in [-0.2, -0.15) is 5.10 Å². The van der Waals surface area contributed by atoms with Crippen molar-refractivity contribution in [2.24, 2.45) is 13.0 Å². The number of hydrogen-bond donors (Lipinski definition) is 2. The number of nitrogens with zero attached hydrogens (tertiary/aromatic N) is 2. The van der Waals surface area contributed by atoms with Gasteiger partial charge in [0, 0.05) is 19.3 Å². The van der Waals surface area contributed by atoms with Crippen LogP contribution in [-0.2, 0) is 17.1 Å². The first kappa shape index (κ1) is 12.4. The van der Waals surface area contributed by atoms with Gasteiger partial charge in [0.25, 0.3) is 0 Å². The van der Waals surface area contributed by atoms with Crippen LogP contribution in [-0.4, -0.2) is 24.2 Å². The van der Waals surface area contributed by atoms with E-state index in [-0.39, 0.29) is 16.8 Å². The van der Waals surface area contributed by atoms with E-state index in [0.29, 0.717) is 5.92 Å². The van der Waals surface area contributed by atoms with Gasteiger partial charge in [-0.05, 0) is 19.3 Å². The topological polar surface area (TPSA) is 90.0 Å². The van der Waals surface area contributed by atoms with E-state index >= 15 is 0 Å². The van der Waals surface area contributed by atoms with E-state index in [0.717, 1.165) is 6.42 Å². The molecule has 0 aromatic carbocycles. The molecule has 0 radical (unpaired) electrons. The summed E-state index contributed by atoms with van der Waals surface area (Å²) in [6, 6.07) is -0.0629. The molecule has 1 aliphatic carbocycles. The standard InChI is InChI=1S/C10H18N4O2S/c1-7(5-8-3-4-8)13-17(15,16)9-6-14(2)12-10(9)11/h6-8,13H,3-5H2,1-2H3,(H2,11,12). The summed E-state index contributed by atoms with van der Waals surface area (Å²) in [4.78, 5) is 0.0580. The van der Waals surface area contributed by atoms with Crippen molar-refractivity contribution in [1.82, 2.24) is 14.5 Å². The third-order valence-electron chi connectivity index (χ3n) is 2.85. The molecule has 17 heavy (non-hydrogen) atoms. The minimum Gasteiger partial charge on any atom is -0.381 e. The molecular weight excluding hydrogens is 240 g/mol. The van der Waals surface area contributed by atoms with Crippen molar-refractivity contribution < 1.29 is 8.42 Å². The van der Waals surface area contributed by atoms with Crippen molar-refractivity contribution >= 4 is 15.8 Å². The molecule has 7 heteroatoms. The van der Waals surface area contributed by atoms with Crippen LogP contribution in [0.2, 0.25) is 0 Å². The molecule has 0 aliphatic heterocycles. The molecule has 0 saturated heterocycles. The summed E-state index contributed by atoms with van der Waals surface area (Å²) >= 11 is 0. The first-order chi connectivity index (χ1) is 7.88. The molecule has 3 N–H and O–H groups in total. The molecule has 1 heterocycles. The summed E-state index contributed by atoms with van der Waals surface area (Å²) in [5.41, 5.74) is 5.57. The van der Waals surface area contributed by atoms with Crippen LogP contribution < -0.4 is 10.5 Å². The Labute approximate surface area is 101 Å².